The molecule has 0 unspecified atom stereocenters. The summed E-state index contributed by atoms with van der Waals surface area (Å²) in [6.45, 7) is 4.76. The van der Waals surface area contributed by atoms with Gasteiger partial charge in [-0.2, -0.15) is 0 Å². The molecule has 2 atom stereocenters. The maximum absolute atomic E-state index is 3.66. The Bertz CT molecular complexity index is 134. The first-order valence-corrected chi connectivity index (χ1v) is 5.58. The number of nitrogens with zero attached hydrogens (tertiary/aromatic N) is 1. The van der Waals surface area contributed by atoms with Crippen LogP contribution in [0.4, 0.5) is 0 Å². The van der Waals surface area contributed by atoms with Crippen molar-refractivity contribution in [3.05, 3.63) is 0 Å². The minimum absolute atomic E-state index is 0.808. The Morgan fingerprint density at radius 1 is 1.31 bits per heavy atom. The molecule has 1 fully saturated rings. The third kappa shape index (κ3) is 4.10. The van der Waals surface area contributed by atoms with E-state index in [0.717, 1.165) is 12.0 Å². The Morgan fingerprint density at radius 2 is 2.08 bits per heavy atom. The largest absolute Gasteiger partial charge is 0.314 e. The summed E-state index contributed by atoms with van der Waals surface area (Å²) in [5.74, 6) is 0.902. The van der Waals surface area contributed by atoms with E-state index in [1.54, 1.807) is 0 Å². The van der Waals surface area contributed by atoms with Crippen molar-refractivity contribution in [2.75, 3.05) is 27.2 Å². The number of hydrogen-bond donors (Lipinski definition) is 1. The number of rotatable bonds is 5. The van der Waals surface area contributed by atoms with Crippen LogP contribution in [0.2, 0.25) is 0 Å². The van der Waals surface area contributed by atoms with Gasteiger partial charge in [-0.1, -0.05) is 13.3 Å². The lowest BCUT2D eigenvalue weighted by Gasteiger charge is -2.18. The van der Waals surface area contributed by atoms with Crippen molar-refractivity contribution < 1.29 is 0 Å². The fraction of sp³-hybridized carbons (Fsp3) is 1.00. The van der Waals surface area contributed by atoms with E-state index in [1.807, 2.05) is 0 Å². The fourth-order valence-electron chi connectivity index (χ4n) is 2.13. The average molecular weight is 184 g/mol. The van der Waals surface area contributed by atoms with Crippen molar-refractivity contribution in [3.8, 4) is 0 Å². The SMILES string of the molecule is C[C@H]1CCC[C@H]1NCCCN(C)C. The molecule has 13 heavy (non-hydrogen) atoms. The third-order valence-corrected chi connectivity index (χ3v) is 3.05. The van der Waals surface area contributed by atoms with Gasteiger partial charge in [-0.25, -0.2) is 0 Å². The third-order valence-electron chi connectivity index (χ3n) is 3.05. The van der Waals surface area contributed by atoms with Crippen LogP contribution in [0.25, 0.3) is 0 Å². The highest BCUT2D eigenvalue weighted by Crippen LogP contribution is 2.24. The second kappa shape index (κ2) is 5.61. The molecule has 0 bridgehead atoms. The molecule has 1 N–H and O–H groups in total. The van der Waals surface area contributed by atoms with Gasteiger partial charge in [0.15, 0.2) is 0 Å². The van der Waals surface area contributed by atoms with Crippen LogP contribution in [0.3, 0.4) is 0 Å². The Balaban J connectivity index is 1.99. The van der Waals surface area contributed by atoms with Crippen molar-refractivity contribution in [1.29, 1.82) is 0 Å². The standard InChI is InChI=1S/C11H24N2/c1-10-6-4-7-11(10)12-8-5-9-13(2)3/h10-12H,4-9H2,1-3H3/t10-,11+/m0/s1. The second-order valence-electron chi connectivity index (χ2n) is 4.63. The summed E-state index contributed by atoms with van der Waals surface area (Å²) >= 11 is 0. The molecule has 1 aliphatic rings. The molecule has 2 nitrogen and oxygen atoms in total. The van der Waals surface area contributed by atoms with Crippen molar-refractivity contribution >= 4 is 0 Å². The molecule has 0 heterocycles. The maximum Gasteiger partial charge on any atom is 0.00927 e. The fourth-order valence-corrected chi connectivity index (χ4v) is 2.13. The van der Waals surface area contributed by atoms with Gasteiger partial charge in [0.2, 0.25) is 0 Å². The lowest BCUT2D eigenvalue weighted by Crippen LogP contribution is -2.33. The zero-order chi connectivity index (χ0) is 9.68. The van der Waals surface area contributed by atoms with E-state index < -0.39 is 0 Å². The molecule has 1 rings (SSSR count). The molecule has 1 saturated carbocycles. The summed E-state index contributed by atoms with van der Waals surface area (Å²) in [6.07, 6.45) is 5.51. The summed E-state index contributed by atoms with van der Waals surface area (Å²) in [5, 5.41) is 3.66. The molecule has 0 amide bonds. The molecule has 0 aromatic carbocycles. The molecule has 0 aliphatic heterocycles. The summed E-state index contributed by atoms with van der Waals surface area (Å²) in [6, 6.07) is 0.808. The van der Waals surface area contributed by atoms with E-state index in [-0.39, 0.29) is 0 Å². The minimum atomic E-state index is 0.808. The van der Waals surface area contributed by atoms with Gasteiger partial charge in [-0.05, 0) is 52.4 Å². The van der Waals surface area contributed by atoms with Crippen LogP contribution in [0.15, 0.2) is 0 Å². The second-order valence-corrected chi connectivity index (χ2v) is 4.63. The van der Waals surface area contributed by atoms with Gasteiger partial charge in [0.25, 0.3) is 0 Å². The first-order valence-electron chi connectivity index (χ1n) is 5.58. The predicted molar refractivity (Wildman–Crippen MR) is 58.0 cm³/mol. The van der Waals surface area contributed by atoms with Crippen molar-refractivity contribution in [3.63, 3.8) is 0 Å². The van der Waals surface area contributed by atoms with Crippen LogP contribution in [-0.2, 0) is 0 Å². The summed E-state index contributed by atoms with van der Waals surface area (Å²) in [7, 11) is 4.27. The first-order chi connectivity index (χ1) is 6.20. The van der Waals surface area contributed by atoms with Crippen LogP contribution in [-0.4, -0.2) is 38.1 Å². The molecule has 0 aromatic heterocycles. The normalized spacial score (nSPS) is 28.6. The molecule has 78 valence electrons. The van der Waals surface area contributed by atoms with Crippen molar-refractivity contribution in [1.82, 2.24) is 10.2 Å². The van der Waals surface area contributed by atoms with Crippen LogP contribution >= 0.6 is 0 Å². The molecule has 0 aromatic rings. The van der Waals surface area contributed by atoms with E-state index in [2.05, 4.69) is 31.2 Å². The lowest BCUT2D eigenvalue weighted by molar-refractivity contribution is 0.371. The smallest absolute Gasteiger partial charge is 0.00927 e. The van der Waals surface area contributed by atoms with E-state index in [4.69, 9.17) is 0 Å². The quantitative estimate of drug-likeness (QED) is 0.654. The molecular weight excluding hydrogens is 160 g/mol. The van der Waals surface area contributed by atoms with E-state index in [9.17, 15) is 0 Å². The molecule has 0 saturated heterocycles. The molecule has 1 aliphatic carbocycles. The van der Waals surface area contributed by atoms with Crippen LogP contribution in [0.1, 0.15) is 32.6 Å². The summed E-state index contributed by atoms with van der Waals surface area (Å²) in [4.78, 5) is 2.25. The lowest BCUT2D eigenvalue weighted by atomic mass is 10.1. The van der Waals surface area contributed by atoms with E-state index >= 15 is 0 Å². The van der Waals surface area contributed by atoms with Crippen LogP contribution in [0, 0.1) is 5.92 Å². The molecule has 0 radical (unpaired) electrons. The average Bonchev–Trinajstić information content (AvgIpc) is 2.45. The monoisotopic (exact) mass is 184 g/mol. The Labute approximate surface area is 82.7 Å². The van der Waals surface area contributed by atoms with Gasteiger partial charge in [0.05, 0.1) is 0 Å². The van der Waals surface area contributed by atoms with Gasteiger partial charge >= 0.3 is 0 Å². The highest BCUT2D eigenvalue weighted by Gasteiger charge is 2.21. The Hall–Kier alpha value is -0.0800. The Morgan fingerprint density at radius 3 is 2.62 bits per heavy atom. The summed E-state index contributed by atoms with van der Waals surface area (Å²) in [5.41, 5.74) is 0. The van der Waals surface area contributed by atoms with Gasteiger partial charge in [-0.3, -0.25) is 0 Å². The van der Waals surface area contributed by atoms with Gasteiger partial charge in [0, 0.05) is 6.04 Å². The van der Waals surface area contributed by atoms with Crippen molar-refractivity contribution in [2.24, 2.45) is 5.92 Å². The van der Waals surface area contributed by atoms with Crippen LogP contribution < -0.4 is 5.32 Å². The van der Waals surface area contributed by atoms with Gasteiger partial charge < -0.3 is 10.2 Å². The van der Waals surface area contributed by atoms with E-state index in [0.29, 0.717) is 0 Å². The van der Waals surface area contributed by atoms with Crippen LogP contribution in [0.5, 0.6) is 0 Å². The molecule has 0 spiro atoms. The summed E-state index contributed by atoms with van der Waals surface area (Å²) < 4.78 is 0. The predicted octanol–water partition coefficient (Wildman–Crippen LogP) is 1.72. The molecule has 2 heteroatoms. The van der Waals surface area contributed by atoms with Gasteiger partial charge in [0.1, 0.15) is 0 Å². The first kappa shape index (κ1) is 11.0. The highest BCUT2D eigenvalue weighted by molar-refractivity contribution is 4.79. The minimum Gasteiger partial charge on any atom is -0.314 e. The number of nitrogens with one attached hydrogen (secondary N) is 1. The number of hydrogen-bond acceptors (Lipinski definition) is 2. The van der Waals surface area contributed by atoms with Crippen molar-refractivity contribution in [2.45, 2.75) is 38.6 Å². The van der Waals surface area contributed by atoms with E-state index in [1.165, 1.54) is 38.8 Å². The highest BCUT2D eigenvalue weighted by atomic mass is 15.1. The zero-order valence-corrected chi connectivity index (χ0v) is 9.34. The zero-order valence-electron chi connectivity index (χ0n) is 9.34. The van der Waals surface area contributed by atoms with Gasteiger partial charge in [-0.15, -0.1) is 0 Å². The topological polar surface area (TPSA) is 15.3 Å². The Kier molecular flexibility index (Phi) is 4.74. The maximum atomic E-state index is 3.66. The molecular formula is C11H24N2.